The maximum absolute atomic E-state index is 11.8. The van der Waals surface area contributed by atoms with Crippen molar-refractivity contribution in [2.75, 3.05) is 0 Å². The molecule has 2 rings (SSSR count). The average molecular weight is 247 g/mol. The standard InChI is InChI=1S/C12H9NO3S/c14-8-10-1-2-12(17-10)11(16)7-13-5-3-9(15)4-6-13/h1-6,8H,7H2. The van der Waals surface area contributed by atoms with Crippen molar-refractivity contribution in [3.05, 3.63) is 56.6 Å². The summed E-state index contributed by atoms with van der Waals surface area (Å²) in [5.41, 5.74) is -0.0898. The summed E-state index contributed by atoms with van der Waals surface area (Å²) in [6, 6.07) is 6.06. The van der Waals surface area contributed by atoms with Crippen LogP contribution in [0.15, 0.2) is 41.5 Å². The predicted molar refractivity (Wildman–Crippen MR) is 64.7 cm³/mol. The molecule has 0 saturated heterocycles. The zero-order valence-corrected chi connectivity index (χ0v) is 9.65. The van der Waals surface area contributed by atoms with E-state index < -0.39 is 0 Å². The lowest BCUT2D eigenvalue weighted by atomic mass is 10.3. The number of pyridine rings is 1. The molecule has 2 heterocycles. The molecule has 0 amide bonds. The van der Waals surface area contributed by atoms with Crippen LogP contribution < -0.4 is 5.43 Å². The third-order valence-corrected chi connectivity index (χ3v) is 3.26. The van der Waals surface area contributed by atoms with Crippen LogP contribution in [0.3, 0.4) is 0 Å². The number of thiophene rings is 1. The largest absolute Gasteiger partial charge is 0.346 e. The molecule has 0 bridgehead atoms. The average Bonchev–Trinajstić information content (AvgIpc) is 2.81. The fourth-order valence-corrected chi connectivity index (χ4v) is 2.11. The Bertz CT molecular complexity index is 592. The van der Waals surface area contributed by atoms with Gasteiger partial charge in [-0.2, -0.15) is 0 Å². The molecule has 0 aliphatic carbocycles. The van der Waals surface area contributed by atoms with Gasteiger partial charge in [-0.25, -0.2) is 0 Å². The van der Waals surface area contributed by atoms with Crippen LogP contribution in [-0.2, 0) is 6.54 Å². The van der Waals surface area contributed by atoms with Crippen LogP contribution in [0.25, 0.3) is 0 Å². The summed E-state index contributed by atoms with van der Waals surface area (Å²) in [7, 11) is 0. The van der Waals surface area contributed by atoms with E-state index in [0.29, 0.717) is 9.75 Å². The molecular weight excluding hydrogens is 238 g/mol. The van der Waals surface area contributed by atoms with Gasteiger partial charge in [-0.1, -0.05) is 0 Å². The molecule has 0 aliphatic rings. The van der Waals surface area contributed by atoms with E-state index in [4.69, 9.17) is 0 Å². The Morgan fingerprint density at radius 3 is 2.53 bits per heavy atom. The third-order valence-electron chi connectivity index (χ3n) is 2.20. The molecular formula is C12H9NO3S. The second-order valence-electron chi connectivity index (χ2n) is 3.45. The van der Waals surface area contributed by atoms with Crippen LogP contribution in [0.2, 0.25) is 0 Å². The molecule has 0 spiro atoms. The number of aromatic nitrogens is 1. The summed E-state index contributed by atoms with van der Waals surface area (Å²) in [5.74, 6) is -0.0771. The minimum absolute atomic E-state index is 0.0771. The van der Waals surface area contributed by atoms with E-state index in [1.165, 1.54) is 23.5 Å². The maximum Gasteiger partial charge on any atom is 0.192 e. The number of ketones is 1. The first-order valence-electron chi connectivity index (χ1n) is 4.93. The van der Waals surface area contributed by atoms with Crippen molar-refractivity contribution < 1.29 is 9.59 Å². The minimum atomic E-state index is -0.0898. The van der Waals surface area contributed by atoms with Gasteiger partial charge >= 0.3 is 0 Å². The van der Waals surface area contributed by atoms with Gasteiger partial charge in [0.05, 0.1) is 16.3 Å². The van der Waals surface area contributed by atoms with Gasteiger partial charge in [0, 0.05) is 24.5 Å². The predicted octanol–water partition coefficient (Wildman–Crippen LogP) is 1.61. The second kappa shape index (κ2) is 4.88. The fraction of sp³-hybridized carbons (Fsp3) is 0.0833. The van der Waals surface area contributed by atoms with Crippen molar-refractivity contribution in [1.29, 1.82) is 0 Å². The SMILES string of the molecule is O=Cc1ccc(C(=O)Cn2ccc(=O)cc2)s1. The number of hydrogen-bond donors (Lipinski definition) is 0. The summed E-state index contributed by atoms with van der Waals surface area (Å²) in [6.45, 7) is 0.166. The molecule has 0 unspecified atom stereocenters. The first kappa shape index (κ1) is 11.5. The maximum atomic E-state index is 11.8. The lowest BCUT2D eigenvalue weighted by molar-refractivity contribution is 0.0975. The van der Waals surface area contributed by atoms with Crippen LogP contribution in [-0.4, -0.2) is 16.6 Å². The van der Waals surface area contributed by atoms with E-state index in [9.17, 15) is 14.4 Å². The number of aldehydes is 1. The smallest absolute Gasteiger partial charge is 0.192 e. The van der Waals surface area contributed by atoms with E-state index in [2.05, 4.69) is 0 Å². The molecule has 0 radical (unpaired) electrons. The van der Waals surface area contributed by atoms with Crippen LogP contribution in [0.5, 0.6) is 0 Å². The molecule has 86 valence electrons. The van der Waals surface area contributed by atoms with Crippen LogP contribution in [0, 0.1) is 0 Å². The van der Waals surface area contributed by atoms with Gasteiger partial charge < -0.3 is 4.57 Å². The molecule has 0 N–H and O–H groups in total. The van der Waals surface area contributed by atoms with Gasteiger partial charge in [-0.05, 0) is 12.1 Å². The number of carbonyl (C=O) groups is 2. The molecule has 5 heteroatoms. The molecule has 0 atom stereocenters. The van der Waals surface area contributed by atoms with E-state index in [1.54, 1.807) is 29.1 Å². The van der Waals surface area contributed by atoms with Crippen LogP contribution >= 0.6 is 11.3 Å². The summed E-state index contributed by atoms with van der Waals surface area (Å²) < 4.78 is 1.63. The Kier molecular flexibility index (Phi) is 3.30. The number of carbonyl (C=O) groups excluding carboxylic acids is 2. The van der Waals surface area contributed by atoms with Gasteiger partial charge in [0.15, 0.2) is 17.5 Å². The van der Waals surface area contributed by atoms with Crippen molar-refractivity contribution in [2.24, 2.45) is 0 Å². The molecule has 4 nitrogen and oxygen atoms in total. The zero-order chi connectivity index (χ0) is 12.3. The summed E-state index contributed by atoms with van der Waals surface area (Å²) in [5, 5.41) is 0. The molecule has 0 aliphatic heterocycles. The van der Waals surface area contributed by atoms with Crippen LogP contribution in [0.4, 0.5) is 0 Å². The number of nitrogens with zero attached hydrogens (tertiary/aromatic N) is 1. The van der Waals surface area contributed by atoms with Crippen molar-refractivity contribution in [2.45, 2.75) is 6.54 Å². The summed E-state index contributed by atoms with van der Waals surface area (Å²) in [6.07, 6.45) is 3.85. The van der Waals surface area contributed by atoms with E-state index in [0.717, 1.165) is 6.29 Å². The monoisotopic (exact) mass is 247 g/mol. The Hall–Kier alpha value is -2.01. The highest BCUT2D eigenvalue weighted by Gasteiger charge is 2.09. The van der Waals surface area contributed by atoms with Crippen molar-refractivity contribution in [3.8, 4) is 0 Å². The van der Waals surface area contributed by atoms with E-state index in [-0.39, 0.29) is 17.8 Å². The normalized spacial score (nSPS) is 10.1. The number of Topliss-reactive ketones (excluding diaryl/α,β-unsaturated/α-hetero) is 1. The fourth-order valence-electron chi connectivity index (χ4n) is 1.36. The molecule has 0 fully saturated rings. The lowest BCUT2D eigenvalue weighted by Gasteiger charge is -2.02. The Balaban J connectivity index is 2.13. The van der Waals surface area contributed by atoms with Crippen molar-refractivity contribution in [1.82, 2.24) is 4.57 Å². The Morgan fingerprint density at radius 1 is 1.24 bits per heavy atom. The first-order chi connectivity index (χ1) is 8.19. The highest BCUT2D eigenvalue weighted by molar-refractivity contribution is 7.15. The van der Waals surface area contributed by atoms with Crippen molar-refractivity contribution >= 4 is 23.4 Å². The number of rotatable bonds is 4. The van der Waals surface area contributed by atoms with Gasteiger partial charge in [-0.3, -0.25) is 14.4 Å². The summed E-state index contributed by atoms with van der Waals surface area (Å²) in [4.78, 5) is 34.3. The third kappa shape index (κ3) is 2.76. The molecule has 17 heavy (non-hydrogen) atoms. The quantitative estimate of drug-likeness (QED) is 0.609. The van der Waals surface area contributed by atoms with Gasteiger partial charge in [-0.15, -0.1) is 11.3 Å². The number of hydrogen-bond acceptors (Lipinski definition) is 4. The van der Waals surface area contributed by atoms with Crippen molar-refractivity contribution in [3.63, 3.8) is 0 Å². The van der Waals surface area contributed by atoms with E-state index >= 15 is 0 Å². The molecule has 2 aromatic heterocycles. The van der Waals surface area contributed by atoms with Crippen LogP contribution in [0.1, 0.15) is 19.3 Å². The lowest BCUT2D eigenvalue weighted by Crippen LogP contribution is -2.10. The highest BCUT2D eigenvalue weighted by atomic mass is 32.1. The first-order valence-corrected chi connectivity index (χ1v) is 5.75. The topological polar surface area (TPSA) is 56.1 Å². The van der Waals surface area contributed by atoms with Gasteiger partial charge in [0.25, 0.3) is 0 Å². The second-order valence-corrected chi connectivity index (χ2v) is 4.56. The molecule has 2 aromatic rings. The Morgan fingerprint density at radius 2 is 1.94 bits per heavy atom. The minimum Gasteiger partial charge on any atom is -0.346 e. The summed E-state index contributed by atoms with van der Waals surface area (Å²) >= 11 is 1.17. The van der Waals surface area contributed by atoms with Gasteiger partial charge in [0.1, 0.15) is 0 Å². The highest BCUT2D eigenvalue weighted by Crippen LogP contribution is 2.15. The molecule has 0 saturated carbocycles. The molecule has 0 aromatic carbocycles. The zero-order valence-electron chi connectivity index (χ0n) is 8.83. The Labute approximate surface area is 101 Å². The van der Waals surface area contributed by atoms with Gasteiger partial charge in [0.2, 0.25) is 0 Å². The van der Waals surface area contributed by atoms with E-state index in [1.807, 2.05) is 0 Å².